The third-order valence-electron chi connectivity index (χ3n) is 1.06. The smallest absolute Gasteiger partial charge is 0.471 e. The van der Waals surface area contributed by atoms with Gasteiger partial charge in [-0.3, -0.25) is 4.79 Å². The monoisotopic (exact) mass is 221 g/mol. The van der Waals surface area contributed by atoms with Crippen LogP contribution >= 0.6 is 0 Å². The van der Waals surface area contributed by atoms with Gasteiger partial charge in [-0.25, -0.2) is 13.6 Å². The summed E-state index contributed by atoms with van der Waals surface area (Å²) in [7, 11) is 0. The summed E-state index contributed by atoms with van der Waals surface area (Å²) in [6, 6.07) is -2.86. The second-order valence-electron chi connectivity index (χ2n) is 2.12. The maximum absolute atomic E-state index is 11.7. The molecule has 0 fully saturated rings. The lowest BCUT2D eigenvalue weighted by atomic mass is 10.3. The van der Waals surface area contributed by atoms with Gasteiger partial charge in [0.2, 0.25) is 0 Å². The van der Waals surface area contributed by atoms with Crippen molar-refractivity contribution in [1.29, 1.82) is 0 Å². The van der Waals surface area contributed by atoms with E-state index in [4.69, 9.17) is 5.11 Å². The highest BCUT2D eigenvalue weighted by molar-refractivity contribution is 5.87. The van der Waals surface area contributed by atoms with E-state index in [1.54, 1.807) is 0 Å². The van der Waals surface area contributed by atoms with Crippen LogP contribution in [0.15, 0.2) is 0 Å². The van der Waals surface area contributed by atoms with E-state index >= 15 is 0 Å². The van der Waals surface area contributed by atoms with E-state index in [0.29, 0.717) is 5.32 Å². The van der Waals surface area contributed by atoms with Gasteiger partial charge >= 0.3 is 18.1 Å². The van der Waals surface area contributed by atoms with E-state index in [1.807, 2.05) is 0 Å². The number of halogens is 5. The minimum atomic E-state index is -5.39. The molecule has 82 valence electrons. The van der Waals surface area contributed by atoms with Gasteiger partial charge in [-0.05, 0) is 0 Å². The number of nitrogens with one attached hydrogen (secondary N) is 1. The molecule has 0 aromatic carbocycles. The summed E-state index contributed by atoms with van der Waals surface area (Å²) in [5.41, 5.74) is 0. The maximum atomic E-state index is 11.7. The first-order valence-electron chi connectivity index (χ1n) is 3.05. The summed E-state index contributed by atoms with van der Waals surface area (Å²) >= 11 is 0. The highest BCUT2D eigenvalue weighted by Gasteiger charge is 2.42. The van der Waals surface area contributed by atoms with Gasteiger partial charge in [-0.2, -0.15) is 13.2 Å². The maximum Gasteiger partial charge on any atom is 0.471 e. The fourth-order valence-corrected chi connectivity index (χ4v) is 0.456. The lowest BCUT2D eigenvalue weighted by Gasteiger charge is -2.14. The molecule has 0 aromatic heterocycles. The Morgan fingerprint density at radius 1 is 1.21 bits per heavy atom. The normalized spacial score (nSPS) is 13.9. The van der Waals surface area contributed by atoms with Crippen LogP contribution < -0.4 is 5.32 Å². The highest BCUT2D eigenvalue weighted by Crippen LogP contribution is 2.15. The Labute approximate surface area is 73.7 Å². The van der Waals surface area contributed by atoms with Crippen LogP contribution in [0.25, 0.3) is 0 Å². The van der Waals surface area contributed by atoms with E-state index in [2.05, 4.69) is 0 Å². The van der Waals surface area contributed by atoms with Gasteiger partial charge < -0.3 is 10.4 Å². The van der Waals surface area contributed by atoms with E-state index in [0.717, 1.165) is 0 Å². The Kier molecular flexibility index (Phi) is 3.78. The molecule has 0 aliphatic rings. The molecule has 0 radical (unpaired) electrons. The minimum absolute atomic E-state index is 0.642. The summed E-state index contributed by atoms with van der Waals surface area (Å²) in [4.78, 5) is 20.0. The second kappa shape index (κ2) is 4.20. The summed E-state index contributed by atoms with van der Waals surface area (Å²) in [5, 5.41) is 8.64. The molecule has 0 rings (SSSR count). The SMILES string of the molecule is O=C(O)C(NC(=O)C(F)(F)F)C(F)F. The fourth-order valence-electron chi connectivity index (χ4n) is 0.456. The third kappa shape index (κ3) is 3.54. The van der Waals surface area contributed by atoms with Crippen molar-refractivity contribution < 1.29 is 36.6 Å². The number of amides is 1. The Morgan fingerprint density at radius 3 is 1.86 bits per heavy atom. The van der Waals surface area contributed by atoms with Crippen molar-refractivity contribution in [2.24, 2.45) is 0 Å². The fraction of sp³-hybridized carbons (Fsp3) is 0.600. The standard InChI is InChI=1S/C5H4F5NO3/c6-2(7)1(3(12)13)11-4(14)5(8,9)10/h1-2H,(H,11,14)(H,12,13). The zero-order valence-corrected chi connectivity index (χ0v) is 6.31. The van der Waals surface area contributed by atoms with Crippen molar-refractivity contribution in [3.8, 4) is 0 Å². The largest absolute Gasteiger partial charge is 0.480 e. The molecule has 14 heavy (non-hydrogen) atoms. The first kappa shape index (κ1) is 12.6. The molecule has 0 aromatic rings. The molecule has 0 aliphatic carbocycles. The van der Waals surface area contributed by atoms with Crippen LogP contribution in [0.1, 0.15) is 0 Å². The van der Waals surface area contributed by atoms with Gasteiger partial charge in [0.15, 0.2) is 6.04 Å². The summed E-state index contributed by atoms with van der Waals surface area (Å²) < 4.78 is 57.9. The number of carbonyl (C=O) groups excluding carboxylic acids is 1. The second-order valence-corrected chi connectivity index (χ2v) is 2.12. The van der Waals surface area contributed by atoms with Crippen LogP contribution in [0.5, 0.6) is 0 Å². The highest BCUT2D eigenvalue weighted by atomic mass is 19.4. The zero-order valence-electron chi connectivity index (χ0n) is 6.31. The van der Waals surface area contributed by atoms with Gasteiger partial charge in [-0.1, -0.05) is 0 Å². The molecule has 1 amide bonds. The van der Waals surface area contributed by atoms with Gasteiger partial charge in [0.1, 0.15) is 0 Å². The molecule has 4 nitrogen and oxygen atoms in total. The van der Waals surface area contributed by atoms with Crippen LogP contribution in [0, 0.1) is 0 Å². The van der Waals surface area contributed by atoms with E-state index in [1.165, 1.54) is 0 Å². The number of carbonyl (C=O) groups is 2. The molecule has 9 heteroatoms. The van der Waals surface area contributed by atoms with E-state index in [-0.39, 0.29) is 0 Å². The lowest BCUT2D eigenvalue weighted by molar-refractivity contribution is -0.177. The van der Waals surface area contributed by atoms with Crippen molar-refractivity contribution in [3.05, 3.63) is 0 Å². The average molecular weight is 221 g/mol. The lowest BCUT2D eigenvalue weighted by Crippen LogP contribution is -2.50. The van der Waals surface area contributed by atoms with Crippen molar-refractivity contribution >= 4 is 11.9 Å². The van der Waals surface area contributed by atoms with Gasteiger partial charge in [-0.15, -0.1) is 0 Å². The molecule has 0 saturated carbocycles. The van der Waals surface area contributed by atoms with Gasteiger partial charge in [0, 0.05) is 0 Å². The molecular formula is C5H4F5NO3. The average Bonchev–Trinajstić information content (AvgIpc) is 1.96. The molecule has 0 spiro atoms. The molecule has 0 bridgehead atoms. The number of carboxylic acids is 1. The van der Waals surface area contributed by atoms with Crippen molar-refractivity contribution in [2.45, 2.75) is 18.6 Å². The summed E-state index contributed by atoms with van der Waals surface area (Å²) in [6.45, 7) is 0. The summed E-state index contributed by atoms with van der Waals surface area (Å²) in [5.74, 6) is -4.96. The zero-order chi connectivity index (χ0) is 11.5. The number of alkyl halides is 5. The van der Waals surface area contributed by atoms with Gasteiger partial charge in [0.25, 0.3) is 6.43 Å². The molecule has 1 atom stereocenters. The van der Waals surface area contributed by atoms with Crippen LogP contribution in [-0.2, 0) is 9.59 Å². The van der Waals surface area contributed by atoms with Gasteiger partial charge in [0.05, 0.1) is 0 Å². The molecule has 2 N–H and O–H groups in total. The molecule has 0 heterocycles. The molecular weight excluding hydrogens is 217 g/mol. The number of rotatable bonds is 3. The van der Waals surface area contributed by atoms with Crippen molar-refractivity contribution in [3.63, 3.8) is 0 Å². The molecule has 1 unspecified atom stereocenters. The first-order valence-corrected chi connectivity index (χ1v) is 3.05. The van der Waals surface area contributed by atoms with Crippen LogP contribution in [0.2, 0.25) is 0 Å². The Bertz CT molecular complexity index is 238. The number of aliphatic carboxylic acids is 1. The first-order chi connectivity index (χ1) is 6.16. The van der Waals surface area contributed by atoms with Crippen molar-refractivity contribution in [2.75, 3.05) is 0 Å². The molecule has 0 aliphatic heterocycles. The van der Waals surface area contributed by atoms with E-state index in [9.17, 15) is 31.5 Å². The Morgan fingerprint density at radius 2 is 1.64 bits per heavy atom. The Balaban J connectivity index is 4.48. The number of carboxylic acid groups (broad SMARTS) is 1. The predicted octanol–water partition coefficient (Wildman–Crippen LogP) is 0.383. The number of hydrogen-bond acceptors (Lipinski definition) is 2. The van der Waals surface area contributed by atoms with Crippen LogP contribution in [0.3, 0.4) is 0 Å². The van der Waals surface area contributed by atoms with Crippen LogP contribution in [-0.4, -0.2) is 35.6 Å². The molecule has 0 saturated heterocycles. The predicted molar refractivity (Wildman–Crippen MR) is 31.6 cm³/mol. The van der Waals surface area contributed by atoms with Crippen molar-refractivity contribution in [1.82, 2.24) is 5.32 Å². The third-order valence-corrected chi connectivity index (χ3v) is 1.06. The number of hydrogen-bond donors (Lipinski definition) is 2. The minimum Gasteiger partial charge on any atom is -0.480 e. The topological polar surface area (TPSA) is 66.4 Å². The quantitative estimate of drug-likeness (QED) is 0.677. The van der Waals surface area contributed by atoms with E-state index < -0.39 is 30.5 Å². The summed E-state index contributed by atoms with van der Waals surface area (Å²) in [6.07, 6.45) is -9.00. The Hall–Kier alpha value is -1.41. The van der Waals surface area contributed by atoms with Crippen LogP contribution in [0.4, 0.5) is 22.0 Å².